The minimum absolute atomic E-state index is 0.157. The van der Waals surface area contributed by atoms with Crippen molar-refractivity contribution in [2.45, 2.75) is 45.1 Å². The van der Waals surface area contributed by atoms with Crippen molar-refractivity contribution < 1.29 is 14.3 Å². The van der Waals surface area contributed by atoms with Gasteiger partial charge in [0.2, 0.25) is 5.91 Å². The largest absolute Gasteiger partial charge is 0.496 e. The van der Waals surface area contributed by atoms with Crippen LogP contribution in [-0.2, 0) is 34.4 Å². The van der Waals surface area contributed by atoms with Crippen molar-refractivity contribution in [3.63, 3.8) is 0 Å². The number of hydrogen-bond acceptors (Lipinski definition) is 7. The van der Waals surface area contributed by atoms with Crippen LogP contribution in [0.2, 0.25) is 0 Å². The second kappa shape index (κ2) is 9.23. The summed E-state index contributed by atoms with van der Waals surface area (Å²) in [5.74, 6) is 0.916. The molecule has 0 atom stereocenters. The highest BCUT2D eigenvalue weighted by Crippen LogP contribution is 2.37. The molecule has 9 nitrogen and oxygen atoms in total. The van der Waals surface area contributed by atoms with E-state index in [2.05, 4.69) is 24.8 Å². The number of nitrogens with two attached hydrogens (primary N) is 1. The number of hydrogen-bond donors (Lipinski definition) is 2. The second-order valence-corrected chi connectivity index (χ2v) is 9.44. The third-order valence-electron chi connectivity index (χ3n) is 6.87. The molecule has 1 aliphatic carbocycles. The van der Waals surface area contributed by atoms with Gasteiger partial charge in [-0.15, -0.1) is 0 Å². The van der Waals surface area contributed by atoms with E-state index in [4.69, 9.17) is 15.2 Å². The molecule has 3 heterocycles. The molecule has 1 aromatic carbocycles. The van der Waals surface area contributed by atoms with Crippen LogP contribution in [0.5, 0.6) is 5.75 Å². The van der Waals surface area contributed by atoms with Crippen LogP contribution in [0.25, 0.3) is 16.7 Å². The zero-order valence-electron chi connectivity index (χ0n) is 21.0. The minimum Gasteiger partial charge on any atom is -0.496 e. The van der Waals surface area contributed by atoms with Gasteiger partial charge in [-0.25, -0.2) is 9.97 Å². The van der Waals surface area contributed by atoms with Gasteiger partial charge in [-0.05, 0) is 56.9 Å². The number of carbonyl (C=O) groups is 1. The molecule has 0 saturated heterocycles. The quantitative estimate of drug-likeness (QED) is 0.406. The Morgan fingerprint density at radius 1 is 1.14 bits per heavy atom. The van der Waals surface area contributed by atoms with Crippen LogP contribution in [0, 0.1) is 0 Å². The molecule has 0 unspecified atom stereocenters. The summed E-state index contributed by atoms with van der Waals surface area (Å²) in [5.41, 5.74) is 13.0. The molecule has 9 heteroatoms. The number of fused-ring (bicyclic) bond motifs is 3. The van der Waals surface area contributed by atoms with E-state index in [-0.39, 0.29) is 12.3 Å². The number of benzene rings is 1. The zero-order chi connectivity index (χ0) is 25.4. The summed E-state index contributed by atoms with van der Waals surface area (Å²) in [6.45, 7) is 3.88. The van der Waals surface area contributed by atoms with Crippen molar-refractivity contribution >= 4 is 28.4 Å². The van der Waals surface area contributed by atoms with Crippen molar-refractivity contribution in [3.05, 3.63) is 65.4 Å². The van der Waals surface area contributed by atoms with Crippen molar-refractivity contribution in [1.29, 1.82) is 0 Å². The van der Waals surface area contributed by atoms with E-state index in [1.54, 1.807) is 20.4 Å². The average Bonchev–Trinajstić information content (AvgIpc) is 3.47. The van der Waals surface area contributed by atoms with Gasteiger partial charge in [0.1, 0.15) is 23.2 Å². The van der Waals surface area contributed by atoms with E-state index in [1.807, 2.05) is 44.2 Å². The molecule has 36 heavy (non-hydrogen) atoms. The third-order valence-corrected chi connectivity index (χ3v) is 6.87. The molecule has 5 rings (SSSR count). The predicted molar refractivity (Wildman–Crippen MR) is 138 cm³/mol. The van der Waals surface area contributed by atoms with E-state index in [9.17, 15) is 4.79 Å². The number of anilines is 2. The number of nitrogens with one attached hydrogen (secondary N) is 1. The average molecular weight is 487 g/mol. The maximum Gasteiger partial charge on any atom is 0.228 e. The molecule has 0 bridgehead atoms. The Morgan fingerprint density at radius 2 is 1.97 bits per heavy atom. The molecule has 0 radical (unpaired) electrons. The summed E-state index contributed by atoms with van der Waals surface area (Å²) in [5, 5.41) is 2.91. The van der Waals surface area contributed by atoms with Gasteiger partial charge in [-0.2, -0.15) is 0 Å². The molecule has 4 aromatic rings. The van der Waals surface area contributed by atoms with E-state index in [0.717, 1.165) is 47.2 Å². The lowest BCUT2D eigenvalue weighted by molar-refractivity contribution is -0.115. The molecule has 3 N–H and O–H groups in total. The second-order valence-electron chi connectivity index (χ2n) is 9.44. The monoisotopic (exact) mass is 486 g/mol. The van der Waals surface area contributed by atoms with Crippen LogP contribution >= 0.6 is 0 Å². The van der Waals surface area contributed by atoms with Crippen LogP contribution < -0.4 is 15.8 Å². The number of aryl methyl sites for hydroxylation is 1. The molecule has 186 valence electrons. The summed E-state index contributed by atoms with van der Waals surface area (Å²) in [6.07, 6.45) is 6.32. The number of rotatable bonds is 7. The Hall–Kier alpha value is -3.98. The molecule has 1 amide bonds. The Morgan fingerprint density at radius 3 is 2.69 bits per heavy atom. The fourth-order valence-corrected chi connectivity index (χ4v) is 4.81. The van der Waals surface area contributed by atoms with Crippen molar-refractivity contribution in [1.82, 2.24) is 19.5 Å². The molecule has 0 spiro atoms. The summed E-state index contributed by atoms with van der Waals surface area (Å²) >= 11 is 0. The first-order valence-electron chi connectivity index (χ1n) is 11.9. The number of pyridine rings is 1. The smallest absolute Gasteiger partial charge is 0.228 e. The molecule has 0 saturated carbocycles. The SMILES string of the molecule is COc1cc(-n2c3c(c4ncnc(N)c42)CCC3)ccc1CC(=O)Nc1ccc(C(C)(C)OC)nc1. The summed E-state index contributed by atoms with van der Waals surface area (Å²) < 4.78 is 13.3. The maximum atomic E-state index is 12.8. The first-order chi connectivity index (χ1) is 17.3. The first-order valence-corrected chi connectivity index (χ1v) is 11.9. The molecule has 3 aromatic heterocycles. The molecular weight excluding hydrogens is 456 g/mol. The van der Waals surface area contributed by atoms with Crippen LogP contribution in [-0.4, -0.2) is 39.6 Å². The van der Waals surface area contributed by atoms with E-state index in [1.165, 1.54) is 17.6 Å². The summed E-state index contributed by atoms with van der Waals surface area (Å²) in [7, 11) is 3.25. The van der Waals surface area contributed by atoms with Crippen LogP contribution in [0.3, 0.4) is 0 Å². The number of carbonyl (C=O) groups excluding carboxylic acids is 1. The van der Waals surface area contributed by atoms with Gasteiger partial charge in [0.25, 0.3) is 0 Å². The van der Waals surface area contributed by atoms with E-state index >= 15 is 0 Å². The topological polar surface area (TPSA) is 117 Å². The number of aromatic nitrogens is 4. The lowest BCUT2D eigenvalue weighted by Gasteiger charge is -2.22. The molecular formula is C27H30N6O3. The van der Waals surface area contributed by atoms with Crippen LogP contribution in [0.1, 0.15) is 42.8 Å². The fraction of sp³-hybridized carbons (Fsp3) is 0.333. The normalized spacial score (nSPS) is 13.1. The fourth-order valence-electron chi connectivity index (χ4n) is 4.81. The van der Waals surface area contributed by atoms with Crippen molar-refractivity contribution in [2.24, 2.45) is 0 Å². The predicted octanol–water partition coefficient (Wildman–Crippen LogP) is 3.96. The minimum atomic E-state index is -0.500. The highest BCUT2D eigenvalue weighted by molar-refractivity contribution is 5.93. The van der Waals surface area contributed by atoms with E-state index < -0.39 is 5.60 Å². The standard InChI is InChI=1S/C27H30N6O3/c1-27(2,36-4)22-11-9-17(14-29-22)32-23(34)12-16-8-10-18(13-21(16)35-3)33-20-7-5-6-19(20)24-25(33)26(28)31-15-30-24/h8-11,13-15H,5-7,12H2,1-4H3,(H,32,34)(H2,28,30,31). The summed E-state index contributed by atoms with van der Waals surface area (Å²) in [4.78, 5) is 26.0. The van der Waals surface area contributed by atoms with E-state index in [0.29, 0.717) is 17.3 Å². The van der Waals surface area contributed by atoms with Crippen LogP contribution in [0.4, 0.5) is 11.5 Å². The number of nitrogen functional groups attached to an aromatic ring is 1. The van der Waals surface area contributed by atoms with Gasteiger partial charge in [0, 0.05) is 30.1 Å². The van der Waals surface area contributed by atoms with Gasteiger partial charge in [-0.3, -0.25) is 9.78 Å². The number of methoxy groups -OCH3 is 2. The number of amides is 1. The third kappa shape index (κ3) is 4.15. The van der Waals surface area contributed by atoms with Gasteiger partial charge in [0.15, 0.2) is 5.82 Å². The first kappa shape index (κ1) is 23.7. The van der Waals surface area contributed by atoms with Gasteiger partial charge < -0.3 is 25.1 Å². The Kier molecular flexibility index (Phi) is 6.09. The Labute approximate surface area is 209 Å². The van der Waals surface area contributed by atoms with Crippen molar-refractivity contribution in [3.8, 4) is 11.4 Å². The number of nitrogens with zero attached hydrogens (tertiary/aromatic N) is 4. The molecule has 1 aliphatic rings. The lowest BCUT2D eigenvalue weighted by Crippen LogP contribution is -2.21. The Balaban J connectivity index is 1.40. The van der Waals surface area contributed by atoms with Gasteiger partial charge in [-0.1, -0.05) is 6.07 Å². The van der Waals surface area contributed by atoms with Crippen LogP contribution in [0.15, 0.2) is 42.9 Å². The Bertz CT molecular complexity index is 1440. The van der Waals surface area contributed by atoms with Gasteiger partial charge in [0.05, 0.1) is 36.6 Å². The maximum absolute atomic E-state index is 12.8. The number of ether oxygens (including phenoxy) is 2. The van der Waals surface area contributed by atoms with Crippen molar-refractivity contribution in [2.75, 3.05) is 25.3 Å². The lowest BCUT2D eigenvalue weighted by atomic mass is 10.0. The highest BCUT2D eigenvalue weighted by atomic mass is 16.5. The summed E-state index contributed by atoms with van der Waals surface area (Å²) in [6, 6.07) is 9.52. The zero-order valence-corrected chi connectivity index (χ0v) is 21.0. The molecule has 0 aliphatic heterocycles. The molecule has 0 fully saturated rings. The highest BCUT2D eigenvalue weighted by Gasteiger charge is 2.26. The van der Waals surface area contributed by atoms with Gasteiger partial charge >= 0.3 is 0 Å².